The maximum atomic E-state index is 11.7. The zero-order valence-corrected chi connectivity index (χ0v) is 11.7. The van der Waals surface area contributed by atoms with E-state index in [1.54, 1.807) is 0 Å². The monoisotopic (exact) mass is 277 g/mol. The van der Waals surface area contributed by atoms with E-state index < -0.39 is 11.4 Å². The highest BCUT2D eigenvalue weighted by Gasteiger charge is 2.42. The highest BCUT2D eigenvalue weighted by Crippen LogP contribution is 2.45. The van der Waals surface area contributed by atoms with Crippen LogP contribution < -0.4 is 5.32 Å². The van der Waals surface area contributed by atoms with Gasteiger partial charge in [-0.1, -0.05) is 18.2 Å². The molecule has 3 rings (SSSR count). The first-order valence-corrected chi connectivity index (χ1v) is 7.76. The molecule has 2 N–H and O–H groups in total. The maximum absolute atomic E-state index is 11.7. The third-order valence-electron chi connectivity index (χ3n) is 4.35. The number of thioether (sulfide) groups is 1. The van der Waals surface area contributed by atoms with Gasteiger partial charge in [-0.2, -0.15) is 0 Å². The predicted molar refractivity (Wildman–Crippen MR) is 76.6 cm³/mol. The van der Waals surface area contributed by atoms with E-state index >= 15 is 0 Å². The lowest BCUT2D eigenvalue weighted by molar-refractivity contribution is -0.151. The lowest BCUT2D eigenvalue weighted by Crippen LogP contribution is -2.43. The van der Waals surface area contributed by atoms with Crippen LogP contribution in [-0.4, -0.2) is 29.4 Å². The van der Waals surface area contributed by atoms with Gasteiger partial charge in [0, 0.05) is 10.1 Å². The van der Waals surface area contributed by atoms with Crippen LogP contribution in [0.25, 0.3) is 0 Å². The minimum Gasteiger partial charge on any atom is -0.481 e. The Morgan fingerprint density at radius 3 is 2.79 bits per heavy atom. The van der Waals surface area contributed by atoms with E-state index in [2.05, 4.69) is 29.6 Å². The molecule has 19 heavy (non-hydrogen) atoms. The quantitative estimate of drug-likeness (QED) is 0.891. The first kappa shape index (κ1) is 13.0. The Bertz CT molecular complexity index is 458. The number of benzene rings is 1. The van der Waals surface area contributed by atoms with E-state index in [1.807, 2.05) is 11.8 Å². The number of carboxylic acids is 1. The molecule has 1 atom stereocenters. The molecule has 0 aromatic heterocycles. The Kier molecular flexibility index (Phi) is 3.54. The van der Waals surface area contributed by atoms with Crippen LogP contribution in [0.4, 0.5) is 0 Å². The molecule has 3 nitrogen and oxygen atoms in total. The number of nitrogens with one attached hydrogen (secondary N) is 1. The molecule has 0 spiro atoms. The molecular formula is C15H19NO2S. The minimum atomic E-state index is -0.606. The molecule has 4 heteroatoms. The van der Waals surface area contributed by atoms with Crippen molar-refractivity contribution >= 4 is 17.7 Å². The SMILES string of the molecule is O=C(O)C1(CC2Cc3ccccc3S2)CCNCC1. The average molecular weight is 277 g/mol. The number of fused-ring (bicyclic) bond motifs is 1. The fourth-order valence-corrected chi connectivity index (χ4v) is 4.70. The highest BCUT2D eigenvalue weighted by atomic mass is 32.2. The van der Waals surface area contributed by atoms with Gasteiger partial charge in [0.25, 0.3) is 0 Å². The third-order valence-corrected chi connectivity index (χ3v) is 5.67. The molecule has 2 heterocycles. The largest absolute Gasteiger partial charge is 0.481 e. The van der Waals surface area contributed by atoms with Gasteiger partial charge in [0.2, 0.25) is 0 Å². The van der Waals surface area contributed by atoms with Crippen LogP contribution in [0.15, 0.2) is 29.2 Å². The van der Waals surface area contributed by atoms with Gasteiger partial charge in [-0.3, -0.25) is 4.79 Å². The number of hydrogen-bond donors (Lipinski definition) is 2. The first-order valence-electron chi connectivity index (χ1n) is 6.88. The Hall–Kier alpha value is -1.00. The lowest BCUT2D eigenvalue weighted by Gasteiger charge is -2.35. The van der Waals surface area contributed by atoms with Crippen LogP contribution in [0.1, 0.15) is 24.8 Å². The highest BCUT2D eigenvalue weighted by molar-refractivity contribution is 8.00. The summed E-state index contributed by atoms with van der Waals surface area (Å²) in [4.78, 5) is 13.0. The Morgan fingerprint density at radius 1 is 1.37 bits per heavy atom. The van der Waals surface area contributed by atoms with E-state index in [-0.39, 0.29) is 0 Å². The van der Waals surface area contributed by atoms with Crippen molar-refractivity contribution in [2.75, 3.05) is 13.1 Å². The molecule has 0 aliphatic carbocycles. The predicted octanol–water partition coefficient (Wildman–Crippen LogP) is 2.55. The molecule has 1 fully saturated rings. The zero-order valence-electron chi connectivity index (χ0n) is 10.9. The summed E-state index contributed by atoms with van der Waals surface area (Å²) in [6.45, 7) is 1.66. The van der Waals surface area contributed by atoms with Crippen LogP contribution in [0.5, 0.6) is 0 Å². The fourth-order valence-electron chi connectivity index (χ4n) is 3.21. The van der Waals surface area contributed by atoms with Crippen LogP contribution >= 0.6 is 11.8 Å². The van der Waals surface area contributed by atoms with Gasteiger partial charge < -0.3 is 10.4 Å². The van der Waals surface area contributed by atoms with E-state index in [4.69, 9.17) is 0 Å². The summed E-state index contributed by atoms with van der Waals surface area (Å²) in [6.07, 6.45) is 3.33. The molecule has 2 aliphatic rings. The molecule has 0 bridgehead atoms. The summed E-state index contributed by atoms with van der Waals surface area (Å²) in [6, 6.07) is 8.44. The Balaban J connectivity index is 1.73. The van der Waals surface area contributed by atoms with E-state index in [0.29, 0.717) is 5.25 Å². The van der Waals surface area contributed by atoms with Crippen molar-refractivity contribution in [1.29, 1.82) is 0 Å². The average Bonchev–Trinajstić information content (AvgIpc) is 2.81. The summed E-state index contributed by atoms with van der Waals surface area (Å²) < 4.78 is 0. The molecule has 0 amide bonds. The molecule has 1 unspecified atom stereocenters. The zero-order chi connectivity index (χ0) is 13.3. The second kappa shape index (κ2) is 5.17. The van der Waals surface area contributed by atoms with Gasteiger partial charge in [-0.05, 0) is 50.4 Å². The molecule has 1 saturated heterocycles. The molecular weight excluding hydrogens is 258 g/mol. The minimum absolute atomic E-state index is 0.423. The standard InChI is InChI=1S/C15H19NO2S/c17-14(18)15(5-7-16-8-6-15)10-12-9-11-3-1-2-4-13(11)19-12/h1-4,12,16H,5-10H2,(H,17,18). The third kappa shape index (κ3) is 2.51. The van der Waals surface area contributed by atoms with E-state index in [9.17, 15) is 9.90 Å². The second-order valence-electron chi connectivity index (χ2n) is 5.59. The van der Waals surface area contributed by atoms with Gasteiger partial charge in [0.1, 0.15) is 0 Å². The number of carboxylic acid groups (broad SMARTS) is 1. The number of aliphatic carboxylic acids is 1. The summed E-state index contributed by atoms with van der Waals surface area (Å²) in [5, 5.41) is 13.3. The van der Waals surface area contributed by atoms with Gasteiger partial charge in [0.05, 0.1) is 5.41 Å². The van der Waals surface area contributed by atoms with Crippen LogP contribution in [0.2, 0.25) is 0 Å². The number of carbonyl (C=O) groups is 1. The summed E-state index contributed by atoms with van der Waals surface area (Å²) in [5.74, 6) is -0.606. The van der Waals surface area contributed by atoms with Gasteiger partial charge in [0.15, 0.2) is 0 Å². The summed E-state index contributed by atoms with van der Waals surface area (Å²) >= 11 is 1.86. The number of piperidine rings is 1. The smallest absolute Gasteiger partial charge is 0.309 e. The van der Waals surface area contributed by atoms with Crippen molar-refractivity contribution in [3.8, 4) is 0 Å². The van der Waals surface area contributed by atoms with Crippen LogP contribution in [0, 0.1) is 5.41 Å². The Labute approximate surface area is 117 Å². The summed E-state index contributed by atoms with van der Waals surface area (Å²) in [7, 11) is 0. The maximum Gasteiger partial charge on any atom is 0.309 e. The molecule has 2 aliphatic heterocycles. The van der Waals surface area contributed by atoms with Crippen molar-refractivity contribution in [3.05, 3.63) is 29.8 Å². The van der Waals surface area contributed by atoms with Gasteiger partial charge >= 0.3 is 5.97 Å². The fraction of sp³-hybridized carbons (Fsp3) is 0.533. The number of hydrogen-bond acceptors (Lipinski definition) is 3. The molecule has 0 saturated carbocycles. The molecule has 102 valence electrons. The van der Waals surface area contributed by atoms with Crippen LogP contribution in [-0.2, 0) is 11.2 Å². The number of rotatable bonds is 3. The molecule has 1 aromatic carbocycles. The van der Waals surface area contributed by atoms with Crippen LogP contribution in [0.3, 0.4) is 0 Å². The normalized spacial score (nSPS) is 24.9. The van der Waals surface area contributed by atoms with Crippen molar-refractivity contribution in [2.24, 2.45) is 5.41 Å². The van der Waals surface area contributed by atoms with E-state index in [0.717, 1.165) is 38.8 Å². The molecule has 0 radical (unpaired) electrons. The lowest BCUT2D eigenvalue weighted by atomic mass is 9.74. The van der Waals surface area contributed by atoms with Crippen molar-refractivity contribution in [3.63, 3.8) is 0 Å². The molecule has 1 aromatic rings. The summed E-state index contributed by atoms with van der Waals surface area (Å²) in [5.41, 5.74) is 0.872. The van der Waals surface area contributed by atoms with Crippen molar-refractivity contribution in [1.82, 2.24) is 5.32 Å². The van der Waals surface area contributed by atoms with Crippen molar-refractivity contribution in [2.45, 2.75) is 35.8 Å². The van der Waals surface area contributed by atoms with Gasteiger partial charge in [-0.25, -0.2) is 0 Å². The Morgan fingerprint density at radius 2 is 2.11 bits per heavy atom. The first-order chi connectivity index (χ1) is 9.20. The van der Waals surface area contributed by atoms with Gasteiger partial charge in [-0.15, -0.1) is 11.8 Å². The van der Waals surface area contributed by atoms with E-state index in [1.165, 1.54) is 10.5 Å². The van der Waals surface area contributed by atoms with Crippen molar-refractivity contribution < 1.29 is 9.90 Å². The second-order valence-corrected chi connectivity index (χ2v) is 6.93. The topological polar surface area (TPSA) is 49.3 Å².